The lowest BCUT2D eigenvalue weighted by Crippen LogP contribution is -2.37. The lowest BCUT2D eigenvalue weighted by atomic mass is 9.92. The van der Waals surface area contributed by atoms with Crippen LogP contribution in [0.4, 0.5) is 5.95 Å². The highest BCUT2D eigenvalue weighted by Gasteiger charge is 2.32. The molecule has 26 heavy (non-hydrogen) atoms. The van der Waals surface area contributed by atoms with Gasteiger partial charge in [-0.25, -0.2) is 9.97 Å². The van der Waals surface area contributed by atoms with Crippen molar-refractivity contribution in [2.24, 2.45) is 0 Å². The van der Waals surface area contributed by atoms with Crippen LogP contribution in [-0.4, -0.2) is 21.5 Å². The van der Waals surface area contributed by atoms with Crippen molar-refractivity contribution in [2.75, 3.05) is 11.4 Å². The molecule has 0 amide bonds. The van der Waals surface area contributed by atoms with E-state index in [9.17, 15) is 0 Å². The van der Waals surface area contributed by atoms with Gasteiger partial charge in [-0.3, -0.25) is 0 Å². The second-order valence-electron chi connectivity index (χ2n) is 6.87. The highest BCUT2D eigenvalue weighted by atomic mass is 15.3. The maximum Gasteiger partial charge on any atom is 0.226 e. The minimum atomic E-state index is 0.0926. The first-order valence-electron chi connectivity index (χ1n) is 9.01. The molecule has 2 aromatic carbocycles. The Morgan fingerprint density at radius 3 is 2.62 bits per heavy atom. The molecule has 0 aliphatic carbocycles. The molecule has 0 radical (unpaired) electrons. The third-order valence-corrected chi connectivity index (χ3v) is 5.21. The fourth-order valence-electron chi connectivity index (χ4n) is 4.04. The lowest BCUT2D eigenvalue weighted by Gasteiger charge is -2.36. The number of benzene rings is 2. The van der Waals surface area contributed by atoms with Gasteiger partial charge in [0.1, 0.15) is 0 Å². The molecule has 5 rings (SSSR count). The van der Waals surface area contributed by atoms with Gasteiger partial charge in [-0.1, -0.05) is 42.0 Å². The van der Waals surface area contributed by atoms with Gasteiger partial charge in [0.05, 0.1) is 6.04 Å². The van der Waals surface area contributed by atoms with Gasteiger partial charge in [0.25, 0.3) is 0 Å². The van der Waals surface area contributed by atoms with Gasteiger partial charge in [-0.15, -0.1) is 0 Å². The normalized spacial score (nSPS) is 16.7. The van der Waals surface area contributed by atoms with E-state index >= 15 is 0 Å². The van der Waals surface area contributed by atoms with E-state index in [-0.39, 0.29) is 6.04 Å². The van der Waals surface area contributed by atoms with E-state index in [1.165, 1.54) is 33.3 Å². The van der Waals surface area contributed by atoms with Crippen LogP contribution in [0.2, 0.25) is 0 Å². The number of fused-ring (bicyclic) bond motifs is 3. The quantitative estimate of drug-likeness (QED) is 0.587. The van der Waals surface area contributed by atoms with Gasteiger partial charge in [0, 0.05) is 35.5 Å². The number of aromatic amines is 1. The number of hydrogen-bond donors (Lipinski definition) is 1. The molecule has 0 fully saturated rings. The van der Waals surface area contributed by atoms with Crippen LogP contribution >= 0.6 is 0 Å². The largest absolute Gasteiger partial charge is 0.356 e. The summed E-state index contributed by atoms with van der Waals surface area (Å²) < 4.78 is 0. The molecule has 2 aromatic heterocycles. The summed E-state index contributed by atoms with van der Waals surface area (Å²) in [6, 6.07) is 19.2. The van der Waals surface area contributed by atoms with Crippen LogP contribution in [0.25, 0.3) is 10.9 Å². The molecule has 0 saturated heterocycles. The number of nitrogens with zero attached hydrogens (tertiary/aromatic N) is 3. The first-order chi connectivity index (χ1) is 12.8. The maximum atomic E-state index is 4.52. The molecule has 128 valence electrons. The van der Waals surface area contributed by atoms with Crippen molar-refractivity contribution in [1.82, 2.24) is 15.0 Å². The Morgan fingerprint density at radius 1 is 1.00 bits per heavy atom. The highest BCUT2D eigenvalue weighted by Crippen LogP contribution is 2.39. The average Bonchev–Trinajstić information content (AvgIpc) is 3.06. The van der Waals surface area contributed by atoms with Crippen molar-refractivity contribution in [2.45, 2.75) is 19.4 Å². The van der Waals surface area contributed by atoms with Crippen LogP contribution in [0, 0.1) is 6.92 Å². The molecule has 4 heteroatoms. The Hall–Kier alpha value is -3.14. The van der Waals surface area contributed by atoms with Gasteiger partial charge in [-0.05, 0) is 42.7 Å². The molecule has 1 unspecified atom stereocenters. The van der Waals surface area contributed by atoms with Crippen molar-refractivity contribution < 1.29 is 0 Å². The third-order valence-electron chi connectivity index (χ3n) is 5.21. The third kappa shape index (κ3) is 2.37. The molecular formula is C22H20N4. The van der Waals surface area contributed by atoms with Crippen molar-refractivity contribution >= 4 is 16.9 Å². The van der Waals surface area contributed by atoms with Gasteiger partial charge in [0.2, 0.25) is 5.95 Å². The second-order valence-corrected chi connectivity index (χ2v) is 6.87. The monoisotopic (exact) mass is 340 g/mol. The Balaban J connectivity index is 1.73. The van der Waals surface area contributed by atoms with Gasteiger partial charge in [0.15, 0.2) is 0 Å². The molecule has 1 atom stereocenters. The zero-order valence-corrected chi connectivity index (χ0v) is 14.7. The summed E-state index contributed by atoms with van der Waals surface area (Å²) in [7, 11) is 0. The molecular weight excluding hydrogens is 320 g/mol. The van der Waals surface area contributed by atoms with Gasteiger partial charge >= 0.3 is 0 Å². The summed E-state index contributed by atoms with van der Waals surface area (Å²) in [5.41, 5.74) is 6.44. The Labute approximate surface area is 152 Å². The van der Waals surface area contributed by atoms with Crippen LogP contribution in [-0.2, 0) is 6.42 Å². The Kier molecular flexibility index (Phi) is 3.49. The number of hydrogen-bond acceptors (Lipinski definition) is 3. The zero-order valence-electron chi connectivity index (χ0n) is 14.7. The molecule has 1 aliphatic rings. The smallest absolute Gasteiger partial charge is 0.226 e. The summed E-state index contributed by atoms with van der Waals surface area (Å²) in [5, 5.41) is 1.34. The van der Waals surface area contributed by atoms with Gasteiger partial charge < -0.3 is 9.88 Å². The van der Waals surface area contributed by atoms with Crippen LogP contribution in [0.5, 0.6) is 0 Å². The van der Waals surface area contributed by atoms with Gasteiger partial charge in [-0.2, -0.15) is 0 Å². The summed E-state index contributed by atoms with van der Waals surface area (Å²) >= 11 is 0. The number of rotatable bonds is 2. The lowest BCUT2D eigenvalue weighted by molar-refractivity contribution is 0.626. The molecule has 0 spiro atoms. The second kappa shape index (κ2) is 5.99. The zero-order chi connectivity index (χ0) is 17.5. The average molecular weight is 340 g/mol. The maximum absolute atomic E-state index is 4.52. The van der Waals surface area contributed by atoms with Crippen LogP contribution in [0.15, 0.2) is 67.0 Å². The summed E-state index contributed by atoms with van der Waals surface area (Å²) in [5.74, 6) is 0.779. The molecule has 1 aliphatic heterocycles. The number of aryl methyl sites for hydroxylation is 1. The van der Waals surface area contributed by atoms with Crippen LogP contribution in [0.3, 0.4) is 0 Å². The fourth-order valence-corrected chi connectivity index (χ4v) is 4.04. The van der Waals surface area contributed by atoms with Crippen molar-refractivity contribution in [1.29, 1.82) is 0 Å². The standard InChI is InChI=1S/C22H20N4/c1-15-8-9-19-18(14-15)17-10-13-26(22-23-11-5-12-24-22)21(20(17)25-19)16-6-3-2-4-7-16/h2-9,11-12,14,21,25H,10,13H2,1H3. The van der Waals surface area contributed by atoms with E-state index in [0.717, 1.165) is 18.9 Å². The SMILES string of the molecule is Cc1ccc2[nH]c3c(c2c1)CCN(c1ncccn1)C3c1ccccc1. The minimum absolute atomic E-state index is 0.0926. The summed E-state index contributed by atoms with van der Waals surface area (Å²) in [6.07, 6.45) is 4.61. The Morgan fingerprint density at radius 2 is 1.81 bits per heavy atom. The van der Waals surface area contributed by atoms with Crippen LogP contribution < -0.4 is 4.90 Å². The van der Waals surface area contributed by atoms with E-state index in [0.29, 0.717) is 0 Å². The molecule has 3 heterocycles. The minimum Gasteiger partial charge on any atom is -0.356 e. The molecule has 1 N–H and O–H groups in total. The van der Waals surface area contributed by atoms with Crippen molar-refractivity contribution in [3.63, 3.8) is 0 Å². The first-order valence-corrected chi connectivity index (χ1v) is 9.01. The molecule has 4 nitrogen and oxygen atoms in total. The summed E-state index contributed by atoms with van der Waals surface area (Å²) in [6.45, 7) is 3.05. The Bertz CT molecular complexity index is 1050. The summed E-state index contributed by atoms with van der Waals surface area (Å²) in [4.78, 5) is 15.0. The number of nitrogens with one attached hydrogen (secondary N) is 1. The predicted octanol–water partition coefficient (Wildman–Crippen LogP) is 4.42. The van der Waals surface area contributed by atoms with E-state index < -0.39 is 0 Å². The van der Waals surface area contributed by atoms with E-state index in [4.69, 9.17) is 0 Å². The fraction of sp³-hybridized carbons (Fsp3) is 0.182. The van der Waals surface area contributed by atoms with E-state index in [2.05, 4.69) is 75.3 Å². The highest BCUT2D eigenvalue weighted by molar-refractivity contribution is 5.86. The molecule has 0 bridgehead atoms. The topological polar surface area (TPSA) is 44.8 Å². The number of aromatic nitrogens is 3. The number of H-pyrrole nitrogens is 1. The molecule has 0 saturated carbocycles. The predicted molar refractivity (Wildman–Crippen MR) is 104 cm³/mol. The van der Waals surface area contributed by atoms with Crippen LogP contribution in [0.1, 0.15) is 28.4 Å². The first kappa shape index (κ1) is 15.1. The number of anilines is 1. The van der Waals surface area contributed by atoms with Crippen molar-refractivity contribution in [3.05, 3.63) is 89.4 Å². The van der Waals surface area contributed by atoms with E-state index in [1.807, 2.05) is 18.5 Å². The van der Waals surface area contributed by atoms with E-state index in [1.54, 1.807) is 0 Å². The molecule has 4 aromatic rings. The van der Waals surface area contributed by atoms with Crippen molar-refractivity contribution in [3.8, 4) is 0 Å².